The molecule has 0 amide bonds. The maximum Gasteiger partial charge on any atom is 0.462 e. The van der Waals surface area contributed by atoms with Gasteiger partial charge in [0.2, 0.25) is 11.2 Å². The number of carbonyl (C=O) groups is 1. The smallest absolute Gasteiger partial charge is 0.414 e. The lowest BCUT2D eigenvalue weighted by atomic mass is 9.62. The van der Waals surface area contributed by atoms with Gasteiger partial charge in [0.25, 0.3) is 0 Å². The first-order chi connectivity index (χ1) is 14.1. The number of alkyl halides is 10. The number of hydrogen-bond donors (Lipinski definition) is 1. The Morgan fingerprint density at radius 3 is 1.81 bits per heavy atom. The van der Waals surface area contributed by atoms with Gasteiger partial charge in [0.1, 0.15) is 0 Å². The van der Waals surface area contributed by atoms with Crippen LogP contribution in [0.2, 0.25) is 0 Å². The third-order valence-electron chi connectivity index (χ3n) is 6.01. The van der Waals surface area contributed by atoms with Crippen LogP contribution in [0.3, 0.4) is 0 Å². The molecular weight excluding hydrogens is 470 g/mol. The summed E-state index contributed by atoms with van der Waals surface area (Å²) in [5, 5.41) is 10.6. The predicted molar refractivity (Wildman–Crippen MR) is 86.7 cm³/mol. The lowest BCUT2D eigenvalue weighted by molar-refractivity contribution is -0.559. The molecule has 0 bridgehead atoms. The quantitative estimate of drug-likeness (QED) is 0.332. The molecule has 186 valence electrons. The third kappa shape index (κ3) is 3.23. The number of carbonyl (C=O) groups excluding carboxylic acids is 1. The van der Waals surface area contributed by atoms with Crippen molar-refractivity contribution in [3.8, 4) is 0 Å². The third-order valence-corrected chi connectivity index (χ3v) is 6.01. The standard InChI is InChI=1S/C18H20F10O4/c1-9(2)11(29)31-16(18(26,27)28)15(21,22)13(30,10-7-5-4-6-8-10)14(19,20)12(3,32-16)17(23,24)25/h10,30H,1,4-8H2,2-3H3. The molecule has 3 atom stereocenters. The number of halogens is 10. The van der Waals surface area contributed by atoms with Crippen LogP contribution in [0.4, 0.5) is 43.9 Å². The normalized spacial score (nSPS) is 35.9. The second-order valence-electron chi connectivity index (χ2n) is 8.17. The number of rotatable bonds is 3. The van der Waals surface area contributed by atoms with Crippen molar-refractivity contribution in [1.82, 2.24) is 0 Å². The van der Waals surface area contributed by atoms with Gasteiger partial charge in [-0.25, -0.2) is 4.79 Å². The maximum atomic E-state index is 15.5. The van der Waals surface area contributed by atoms with Crippen LogP contribution in [0.25, 0.3) is 0 Å². The van der Waals surface area contributed by atoms with Gasteiger partial charge >= 0.3 is 36.0 Å². The summed E-state index contributed by atoms with van der Waals surface area (Å²) < 4.78 is 152. The predicted octanol–water partition coefficient (Wildman–Crippen LogP) is 5.30. The van der Waals surface area contributed by atoms with Crippen molar-refractivity contribution in [3.05, 3.63) is 12.2 Å². The highest BCUT2D eigenvalue weighted by molar-refractivity contribution is 5.87. The van der Waals surface area contributed by atoms with E-state index in [4.69, 9.17) is 0 Å². The fraction of sp³-hybridized carbons (Fsp3) is 0.833. The van der Waals surface area contributed by atoms with Gasteiger partial charge in [0.15, 0.2) is 0 Å². The summed E-state index contributed by atoms with van der Waals surface area (Å²) in [4.78, 5) is 11.8. The van der Waals surface area contributed by atoms with Gasteiger partial charge in [-0.1, -0.05) is 25.8 Å². The van der Waals surface area contributed by atoms with E-state index in [1.807, 2.05) is 0 Å². The fourth-order valence-electron chi connectivity index (χ4n) is 4.09. The van der Waals surface area contributed by atoms with Crippen LogP contribution >= 0.6 is 0 Å². The molecule has 32 heavy (non-hydrogen) atoms. The topological polar surface area (TPSA) is 55.8 Å². The molecule has 2 rings (SSSR count). The highest BCUT2D eigenvalue weighted by Crippen LogP contribution is 2.68. The van der Waals surface area contributed by atoms with Crippen LogP contribution in [0.1, 0.15) is 46.0 Å². The van der Waals surface area contributed by atoms with Gasteiger partial charge in [-0.2, -0.15) is 43.9 Å². The van der Waals surface area contributed by atoms with Gasteiger partial charge in [0.05, 0.1) is 0 Å². The summed E-state index contributed by atoms with van der Waals surface area (Å²) in [5.41, 5.74) is -11.5. The Kier molecular flexibility index (Phi) is 6.23. The molecular formula is C18H20F10O4. The Morgan fingerprint density at radius 2 is 1.44 bits per heavy atom. The summed E-state index contributed by atoms with van der Waals surface area (Å²) in [6.45, 7) is 2.92. The van der Waals surface area contributed by atoms with Crippen LogP contribution in [0.5, 0.6) is 0 Å². The monoisotopic (exact) mass is 490 g/mol. The van der Waals surface area contributed by atoms with Crippen molar-refractivity contribution in [2.45, 2.75) is 87.1 Å². The molecule has 0 radical (unpaired) electrons. The summed E-state index contributed by atoms with van der Waals surface area (Å²) in [7, 11) is 0. The molecule has 1 saturated heterocycles. The lowest BCUT2D eigenvalue weighted by Crippen LogP contribution is -2.88. The molecule has 3 unspecified atom stereocenters. The molecule has 1 N–H and O–H groups in total. The number of ether oxygens (including phenoxy) is 2. The van der Waals surface area contributed by atoms with Gasteiger partial charge in [-0.15, -0.1) is 0 Å². The minimum atomic E-state index is -6.69. The molecule has 14 heteroatoms. The second-order valence-corrected chi connectivity index (χ2v) is 8.17. The van der Waals surface area contributed by atoms with Crippen molar-refractivity contribution in [3.63, 3.8) is 0 Å². The molecule has 0 aromatic heterocycles. The van der Waals surface area contributed by atoms with Crippen molar-refractivity contribution < 1.29 is 63.3 Å². The van der Waals surface area contributed by atoms with Crippen LogP contribution in [0.15, 0.2) is 12.2 Å². The van der Waals surface area contributed by atoms with Gasteiger partial charge in [-0.05, 0) is 26.7 Å². The summed E-state index contributed by atoms with van der Waals surface area (Å²) in [6.07, 6.45) is -14.5. The first-order valence-corrected chi connectivity index (χ1v) is 9.34. The molecule has 1 aliphatic heterocycles. The average molecular weight is 490 g/mol. The van der Waals surface area contributed by atoms with Gasteiger partial charge < -0.3 is 14.6 Å². The molecule has 0 spiro atoms. The second kappa shape index (κ2) is 7.47. The molecule has 2 fully saturated rings. The average Bonchev–Trinajstić information content (AvgIpc) is 2.63. The Bertz CT molecular complexity index is 771. The minimum Gasteiger partial charge on any atom is -0.414 e. The van der Waals surface area contributed by atoms with E-state index in [0.717, 1.165) is 0 Å². The molecule has 1 heterocycles. The zero-order valence-electron chi connectivity index (χ0n) is 16.8. The molecule has 1 aliphatic carbocycles. The molecule has 2 aliphatic rings. The Hall–Kier alpha value is -1.57. The fourth-order valence-corrected chi connectivity index (χ4v) is 4.09. The molecule has 4 nitrogen and oxygen atoms in total. The lowest BCUT2D eigenvalue weighted by Gasteiger charge is -2.61. The largest absolute Gasteiger partial charge is 0.462 e. The SMILES string of the molecule is C=C(C)C(=O)OC1(C(F)(F)F)OC(C)(C(F)(F)F)C(F)(F)C(O)(C2CCCCC2)C1(F)F. The van der Waals surface area contributed by atoms with Crippen molar-refractivity contribution in [2.24, 2.45) is 5.92 Å². The van der Waals surface area contributed by atoms with Crippen LogP contribution in [0, 0.1) is 5.92 Å². The van der Waals surface area contributed by atoms with Crippen molar-refractivity contribution >= 4 is 5.97 Å². The maximum absolute atomic E-state index is 15.5. The van der Waals surface area contributed by atoms with E-state index in [1.54, 1.807) is 0 Å². The summed E-state index contributed by atoms with van der Waals surface area (Å²) in [5.74, 6) is -22.8. The molecule has 1 saturated carbocycles. The first kappa shape index (κ1) is 26.7. The summed E-state index contributed by atoms with van der Waals surface area (Å²) in [6, 6.07) is 0. The van der Waals surface area contributed by atoms with Crippen molar-refractivity contribution in [1.29, 1.82) is 0 Å². The molecule has 0 aromatic carbocycles. The van der Waals surface area contributed by atoms with E-state index in [9.17, 15) is 36.2 Å². The van der Waals surface area contributed by atoms with Crippen LogP contribution in [-0.2, 0) is 14.3 Å². The van der Waals surface area contributed by atoms with E-state index >= 15 is 17.6 Å². The Morgan fingerprint density at radius 1 is 0.969 bits per heavy atom. The Balaban J connectivity index is 2.97. The van der Waals surface area contributed by atoms with E-state index in [2.05, 4.69) is 16.1 Å². The van der Waals surface area contributed by atoms with E-state index in [-0.39, 0.29) is 19.3 Å². The summed E-state index contributed by atoms with van der Waals surface area (Å²) >= 11 is 0. The van der Waals surface area contributed by atoms with E-state index < -0.39 is 78.4 Å². The number of esters is 1. The highest BCUT2D eigenvalue weighted by atomic mass is 19.4. The zero-order chi connectivity index (χ0) is 25.2. The first-order valence-electron chi connectivity index (χ1n) is 9.34. The highest BCUT2D eigenvalue weighted by Gasteiger charge is 2.96. The van der Waals surface area contributed by atoms with Crippen LogP contribution < -0.4 is 0 Å². The van der Waals surface area contributed by atoms with Gasteiger partial charge in [0, 0.05) is 11.5 Å². The van der Waals surface area contributed by atoms with Crippen LogP contribution in [-0.4, -0.2) is 52.3 Å². The zero-order valence-corrected chi connectivity index (χ0v) is 16.8. The van der Waals surface area contributed by atoms with E-state index in [1.165, 1.54) is 0 Å². The number of aliphatic hydroxyl groups is 1. The number of hydrogen-bond acceptors (Lipinski definition) is 4. The molecule has 0 aromatic rings. The minimum absolute atomic E-state index is 0.118. The Labute approximate surface area is 175 Å². The van der Waals surface area contributed by atoms with Gasteiger partial charge in [-0.3, -0.25) is 0 Å². The van der Waals surface area contributed by atoms with Crippen molar-refractivity contribution in [2.75, 3.05) is 0 Å². The van der Waals surface area contributed by atoms with E-state index in [0.29, 0.717) is 6.92 Å².